The number of ether oxygens (including phenoxy) is 2. The van der Waals surface area contributed by atoms with Crippen molar-refractivity contribution < 1.29 is 47.5 Å². The highest BCUT2D eigenvalue weighted by atomic mass is 31.2. The number of aliphatic carboxylic acids is 1. The fourth-order valence-corrected chi connectivity index (χ4v) is 7.35. The molecule has 0 bridgehead atoms. The minimum atomic E-state index is -4.71. The minimum Gasteiger partial charge on any atom is -0.480 e. The molecule has 0 aliphatic carbocycles. The molecule has 0 aliphatic heterocycles. The number of esters is 2. The van der Waals surface area contributed by atoms with E-state index in [1.807, 2.05) is 6.08 Å². The molecule has 3 atom stereocenters. The maximum atomic E-state index is 12.6. The Kier molecular flexibility index (Phi) is 38.7. The number of carbonyl (C=O) groups excluding carboxylic acids is 2. The second kappa shape index (κ2) is 40.0. The average Bonchev–Trinajstić information content (AvgIpc) is 3.17. The van der Waals surface area contributed by atoms with Crippen molar-refractivity contribution in [3.8, 4) is 0 Å². The largest absolute Gasteiger partial charge is 0.480 e. The molecule has 1 unspecified atom stereocenters. The smallest absolute Gasteiger partial charge is 0.472 e. The third-order valence-corrected chi connectivity index (χ3v) is 11.1. The molecule has 0 aromatic carbocycles. The topological polar surface area (TPSA) is 172 Å². The zero-order chi connectivity index (χ0) is 41.4. The monoisotopic (exact) mass is 818 g/mol. The van der Waals surface area contributed by atoms with Crippen LogP contribution in [-0.4, -0.2) is 59.9 Å². The maximum Gasteiger partial charge on any atom is 0.472 e. The molecule has 0 fully saturated rings. The molecule has 0 aromatic rings. The van der Waals surface area contributed by atoms with Gasteiger partial charge in [-0.1, -0.05) is 186 Å². The number of phosphoric acid groups is 1. The quantitative estimate of drug-likeness (QED) is 0.0231. The van der Waals surface area contributed by atoms with Crippen LogP contribution in [0.4, 0.5) is 0 Å². The fraction of sp³-hybridized carbons (Fsp3) is 0.886. The highest BCUT2D eigenvalue weighted by Crippen LogP contribution is 2.43. The Hall–Kier alpha value is -1.78. The van der Waals surface area contributed by atoms with E-state index in [4.69, 9.17) is 24.8 Å². The fourth-order valence-electron chi connectivity index (χ4n) is 6.58. The van der Waals surface area contributed by atoms with Crippen LogP contribution in [0.15, 0.2) is 12.7 Å². The lowest BCUT2D eigenvalue weighted by atomic mass is 10.0. The Morgan fingerprint density at radius 1 is 0.571 bits per heavy atom. The Labute approximate surface area is 341 Å². The summed E-state index contributed by atoms with van der Waals surface area (Å²) < 4.78 is 32.7. The van der Waals surface area contributed by atoms with Gasteiger partial charge >= 0.3 is 25.7 Å². The summed E-state index contributed by atoms with van der Waals surface area (Å²) in [7, 11) is -4.71. The lowest BCUT2D eigenvalue weighted by Gasteiger charge is -2.20. The first-order chi connectivity index (χ1) is 27.1. The molecule has 0 heterocycles. The van der Waals surface area contributed by atoms with Crippen LogP contribution in [0.5, 0.6) is 0 Å². The van der Waals surface area contributed by atoms with E-state index in [2.05, 4.69) is 18.0 Å². The van der Waals surface area contributed by atoms with Crippen molar-refractivity contribution in [1.29, 1.82) is 0 Å². The molecule has 4 N–H and O–H groups in total. The number of carboxylic acid groups (broad SMARTS) is 1. The van der Waals surface area contributed by atoms with E-state index in [1.165, 1.54) is 141 Å². The molecule has 0 amide bonds. The lowest BCUT2D eigenvalue weighted by Crippen LogP contribution is -2.34. The van der Waals surface area contributed by atoms with Crippen LogP contribution in [0.2, 0.25) is 0 Å². The van der Waals surface area contributed by atoms with E-state index >= 15 is 0 Å². The number of allylic oxidation sites excluding steroid dienone is 1. The van der Waals surface area contributed by atoms with Crippen molar-refractivity contribution in [3.63, 3.8) is 0 Å². The van der Waals surface area contributed by atoms with Crippen molar-refractivity contribution in [2.24, 2.45) is 5.73 Å². The number of carbonyl (C=O) groups is 3. The van der Waals surface area contributed by atoms with Gasteiger partial charge in [0.1, 0.15) is 12.6 Å². The first-order valence-electron chi connectivity index (χ1n) is 22.7. The number of hydrogen-bond acceptors (Lipinski definition) is 9. The molecule has 12 heteroatoms. The van der Waals surface area contributed by atoms with Crippen molar-refractivity contribution in [2.45, 2.75) is 231 Å². The lowest BCUT2D eigenvalue weighted by molar-refractivity contribution is -0.161. The summed E-state index contributed by atoms with van der Waals surface area (Å²) in [5.41, 5.74) is 5.34. The maximum absolute atomic E-state index is 12.6. The van der Waals surface area contributed by atoms with Gasteiger partial charge in [-0.3, -0.25) is 23.4 Å². The standard InChI is InChI=1S/C44H84NO10P/c1-3-5-7-9-11-13-15-17-19-20-22-23-25-27-29-31-33-35-42(46)52-37-40(38-53-56(50,51)54-39-41(45)44(48)49)55-43(47)36-34-32-30-28-26-24-21-18-16-14-12-10-8-6-4-2/h4,40-41H,2-3,5-39,45H2,1H3,(H,48,49)(H,50,51)/t40-,41+/m1/s1. The van der Waals surface area contributed by atoms with Gasteiger partial charge in [0, 0.05) is 12.8 Å². The van der Waals surface area contributed by atoms with Crippen molar-refractivity contribution in [1.82, 2.24) is 0 Å². The molecule has 0 spiro atoms. The van der Waals surface area contributed by atoms with E-state index in [-0.39, 0.29) is 19.4 Å². The molecule has 0 aliphatic rings. The van der Waals surface area contributed by atoms with Gasteiger partial charge in [-0.2, -0.15) is 0 Å². The van der Waals surface area contributed by atoms with Gasteiger partial charge < -0.3 is 25.2 Å². The second-order valence-electron chi connectivity index (χ2n) is 15.6. The molecular formula is C44H84NO10P. The van der Waals surface area contributed by atoms with Gasteiger partial charge in [0.05, 0.1) is 13.2 Å². The second-order valence-corrected chi connectivity index (χ2v) is 17.1. The molecular weight excluding hydrogens is 733 g/mol. The average molecular weight is 818 g/mol. The van der Waals surface area contributed by atoms with E-state index < -0.39 is 51.1 Å². The first kappa shape index (κ1) is 54.2. The zero-order valence-corrected chi connectivity index (χ0v) is 36.5. The molecule has 11 nitrogen and oxygen atoms in total. The molecule has 0 rings (SSSR count). The van der Waals surface area contributed by atoms with Gasteiger partial charge in [-0.15, -0.1) is 6.58 Å². The Morgan fingerprint density at radius 3 is 1.32 bits per heavy atom. The molecule has 0 radical (unpaired) electrons. The van der Waals surface area contributed by atoms with E-state index in [1.54, 1.807) is 0 Å². The summed E-state index contributed by atoms with van der Waals surface area (Å²) in [5.74, 6) is -2.36. The Balaban J connectivity index is 4.27. The molecule has 0 saturated heterocycles. The van der Waals surface area contributed by atoms with E-state index in [0.717, 1.165) is 44.9 Å². The van der Waals surface area contributed by atoms with Gasteiger partial charge in [0.25, 0.3) is 0 Å². The van der Waals surface area contributed by atoms with Gasteiger partial charge in [0.15, 0.2) is 6.10 Å². The van der Waals surface area contributed by atoms with Gasteiger partial charge in [-0.25, -0.2) is 4.57 Å². The van der Waals surface area contributed by atoms with Crippen LogP contribution in [0, 0.1) is 0 Å². The first-order valence-corrected chi connectivity index (χ1v) is 24.2. The summed E-state index contributed by atoms with van der Waals surface area (Å²) >= 11 is 0. The number of unbranched alkanes of at least 4 members (excludes halogenated alkanes) is 29. The SMILES string of the molecule is C=CCCCCCCCCCCCCCCCC(=O)O[C@H](COC(=O)CCCCCCCCCCCCCCCCCCC)COP(=O)(O)OC[C@H](N)C(=O)O. The van der Waals surface area contributed by atoms with Gasteiger partial charge in [-0.05, 0) is 25.7 Å². The van der Waals surface area contributed by atoms with E-state index in [9.17, 15) is 23.8 Å². The normalized spacial score (nSPS) is 13.6. The van der Waals surface area contributed by atoms with Crippen LogP contribution >= 0.6 is 7.82 Å². The predicted molar refractivity (Wildman–Crippen MR) is 226 cm³/mol. The number of phosphoric ester groups is 1. The van der Waals surface area contributed by atoms with Crippen LogP contribution in [0.3, 0.4) is 0 Å². The molecule has 0 saturated carbocycles. The van der Waals surface area contributed by atoms with Gasteiger partial charge in [0.2, 0.25) is 0 Å². The summed E-state index contributed by atoms with van der Waals surface area (Å²) in [6.45, 7) is 4.36. The highest BCUT2D eigenvalue weighted by Gasteiger charge is 2.28. The summed E-state index contributed by atoms with van der Waals surface area (Å²) in [5, 5.41) is 8.89. The summed E-state index contributed by atoms with van der Waals surface area (Å²) in [4.78, 5) is 46.0. The van der Waals surface area contributed by atoms with Crippen molar-refractivity contribution >= 4 is 25.7 Å². The predicted octanol–water partition coefficient (Wildman–Crippen LogP) is 12.1. The molecule has 330 valence electrons. The van der Waals surface area contributed by atoms with Crippen molar-refractivity contribution in [2.75, 3.05) is 19.8 Å². The number of carboxylic acids is 1. The third kappa shape index (κ3) is 39.1. The highest BCUT2D eigenvalue weighted by molar-refractivity contribution is 7.47. The summed E-state index contributed by atoms with van der Waals surface area (Å²) in [6, 6.07) is -1.52. The Bertz CT molecular complexity index is 997. The molecule has 0 aromatic heterocycles. The minimum absolute atomic E-state index is 0.164. The summed E-state index contributed by atoms with van der Waals surface area (Å²) in [6.07, 6.45) is 38.8. The zero-order valence-electron chi connectivity index (χ0n) is 35.6. The Morgan fingerprint density at radius 2 is 0.929 bits per heavy atom. The van der Waals surface area contributed by atoms with E-state index in [0.29, 0.717) is 12.8 Å². The number of hydrogen-bond donors (Lipinski definition) is 3. The van der Waals surface area contributed by atoms with Crippen LogP contribution in [0.25, 0.3) is 0 Å². The molecule has 56 heavy (non-hydrogen) atoms. The van der Waals surface area contributed by atoms with Crippen LogP contribution in [0.1, 0.15) is 219 Å². The number of rotatable bonds is 44. The van der Waals surface area contributed by atoms with Crippen LogP contribution < -0.4 is 5.73 Å². The third-order valence-electron chi connectivity index (χ3n) is 10.2. The number of nitrogens with two attached hydrogens (primary N) is 1. The van der Waals surface area contributed by atoms with Crippen molar-refractivity contribution in [3.05, 3.63) is 12.7 Å². The van der Waals surface area contributed by atoms with Crippen LogP contribution in [-0.2, 0) is 37.5 Å².